The Bertz CT molecular complexity index is 439. The molecule has 1 aromatic rings. The number of carbonyl (C=O) groups is 1. The molecule has 0 radical (unpaired) electrons. The molecular weight excluding hydrogens is 240 g/mol. The largest absolute Gasteiger partial charge is 0.353 e. The Morgan fingerprint density at radius 1 is 1.58 bits per heavy atom. The van der Waals surface area contributed by atoms with Crippen molar-refractivity contribution < 1.29 is 4.79 Å². The van der Waals surface area contributed by atoms with Crippen LogP contribution in [0.25, 0.3) is 0 Å². The van der Waals surface area contributed by atoms with Gasteiger partial charge in [0, 0.05) is 37.7 Å². The Balaban J connectivity index is 1.92. The number of amides is 1. The van der Waals surface area contributed by atoms with Gasteiger partial charge in [-0.25, -0.2) is 0 Å². The lowest BCUT2D eigenvalue weighted by Crippen LogP contribution is -2.39. The standard InChI is InChI=1S/C14H24N4O/c1-10(2)18-9-11-4-5-12(8-13(11)17-18)16-14(19)6-7-15-3/h9-10,12,15H,4-8H2,1-3H3,(H,16,19). The molecule has 106 valence electrons. The minimum absolute atomic E-state index is 0.131. The van der Waals surface area contributed by atoms with Crippen molar-refractivity contribution >= 4 is 5.91 Å². The summed E-state index contributed by atoms with van der Waals surface area (Å²) in [5, 5.41) is 10.7. The fourth-order valence-corrected chi connectivity index (χ4v) is 2.44. The summed E-state index contributed by atoms with van der Waals surface area (Å²) in [6.45, 7) is 5.00. The van der Waals surface area contributed by atoms with Crippen molar-refractivity contribution in [1.82, 2.24) is 20.4 Å². The topological polar surface area (TPSA) is 59.0 Å². The van der Waals surface area contributed by atoms with E-state index in [0.29, 0.717) is 12.5 Å². The maximum Gasteiger partial charge on any atom is 0.221 e. The zero-order valence-electron chi connectivity index (χ0n) is 12.1. The molecule has 0 bridgehead atoms. The Kier molecular flexibility index (Phi) is 4.58. The van der Waals surface area contributed by atoms with E-state index in [9.17, 15) is 4.79 Å². The van der Waals surface area contributed by atoms with Crippen LogP contribution in [0.2, 0.25) is 0 Å². The average Bonchev–Trinajstić information content (AvgIpc) is 2.79. The molecule has 1 aliphatic rings. The fourth-order valence-electron chi connectivity index (χ4n) is 2.44. The van der Waals surface area contributed by atoms with E-state index in [1.165, 1.54) is 5.56 Å². The van der Waals surface area contributed by atoms with Crippen LogP contribution in [0.1, 0.15) is 44.0 Å². The molecule has 1 atom stereocenters. The van der Waals surface area contributed by atoms with Crippen LogP contribution >= 0.6 is 0 Å². The molecule has 1 heterocycles. The number of nitrogens with zero attached hydrogens (tertiary/aromatic N) is 2. The first-order valence-electron chi connectivity index (χ1n) is 7.11. The molecule has 19 heavy (non-hydrogen) atoms. The molecule has 0 saturated heterocycles. The van der Waals surface area contributed by atoms with E-state index < -0.39 is 0 Å². The molecule has 2 N–H and O–H groups in total. The number of rotatable bonds is 5. The normalized spacial score (nSPS) is 18.4. The summed E-state index contributed by atoms with van der Waals surface area (Å²) in [7, 11) is 1.86. The van der Waals surface area contributed by atoms with Gasteiger partial charge in [0.2, 0.25) is 5.91 Å². The molecule has 1 amide bonds. The predicted octanol–water partition coefficient (Wildman–Crippen LogP) is 1.05. The lowest BCUT2D eigenvalue weighted by atomic mass is 9.93. The van der Waals surface area contributed by atoms with Crippen molar-refractivity contribution in [2.75, 3.05) is 13.6 Å². The van der Waals surface area contributed by atoms with E-state index in [4.69, 9.17) is 0 Å². The second kappa shape index (κ2) is 6.19. The van der Waals surface area contributed by atoms with Gasteiger partial charge in [-0.3, -0.25) is 9.48 Å². The third-order valence-corrected chi connectivity index (χ3v) is 3.59. The van der Waals surface area contributed by atoms with Crippen LogP contribution in [0.3, 0.4) is 0 Å². The number of aromatic nitrogens is 2. The van der Waals surface area contributed by atoms with Crippen LogP contribution in [0.4, 0.5) is 0 Å². The zero-order chi connectivity index (χ0) is 13.8. The summed E-state index contributed by atoms with van der Waals surface area (Å²) in [5.74, 6) is 0.131. The van der Waals surface area contributed by atoms with Crippen LogP contribution in [0.15, 0.2) is 6.20 Å². The van der Waals surface area contributed by atoms with Crippen molar-refractivity contribution in [1.29, 1.82) is 0 Å². The van der Waals surface area contributed by atoms with Crippen LogP contribution in [0.5, 0.6) is 0 Å². The first kappa shape index (κ1) is 14.1. The van der Waals surface area contributed by atoms with Gasteiger partial charge < -0.3 is 10.6 Å². The molecular formula is C14H24N4O. The van der Waals surface area contributed by atoms with Gasteiger partial charge in [0.15, 0.2) is 0 Å². The molecule has 0 fully saturated rings. The summed E-state index contributed by atoms with van der Waals surface area (Å²) in [4.78, 5) is 11.7. The molecule has 5 heteroatoms. The molecule has 1 aliphatic carbocycles. The predicted molar refractivity (Wildman–Crippen MR) is 75.1 cm³/mol. The minimum Gasteiger partial charge on any atom is -0.353 e. The molecule has 0 saturated carbocycles. The van der Waals surface area contributed by atoms with Gasteiger partial charge in [0.25, 0.3) is 0 Å². The van der Waals surface area contributed by atoms with Gasteiger partial charge in [0.1, 0.15) is 0 Å². The number of hydrogen-bond acceptors (Lipinski definition) is 3. The third-order valence-electron chi connectivity index (χ3n) is 3.59. The Labute approximate surface area is 114 Å². The van der Waals surface area contributed by atoms with E-state index in [1.807, 2.05) is 11.7 Å². The number of aryl methyl sites for hydroxylation is 1. The van der Waals surface area contributed by atoms with E-state index >= 15 is 0 Å². The van der Waals surface area contributed by atoms with Crippen LogP contribution in [-0.4, -0.2) is 35.3 Å². The van der Waals surface area contributed by atoms with Gasteiger partial charge in [0.05, 0.1) is 5.69 Å². The first-order valence-corrected chi connectivity index (χ1v) is 7.11. The number of hydrogen-bond donors (Lipinski definition) is 2. The Morgan fingerprint density at radius 3 is 3.05 bits per heavy atom. The second-order valence-corrected chi connectivity index (χ2v) is 5.54. The van der Waals surface area contributed by atoms with E-state index in [2.05, 4.69) is 35.8 Å². The maximum absolute atomic E-state index is 11.7. The number of fused-ring (bicyclic) bond motifs is 1. The van der Waals surface area contributed by atoms with Gasteiger partial charge in [-0.15, -0.1) is 0 Å². The summed E-state index contributed by atoms with van der Waals surface area (Å²) in [6.07, 6.45) is 5.58. The Hall–Kier alpha value is -1.36. The number of nitrogens with one attached hydrogen (secondary N) is 2. The molecule has 0 aliphatic heterocycles. The van der Waals surface area contributed by atoms with Gasteiger partial charge >= 0.3 is 0 Å². The van der Waals surface area contributed by atoms with Crippen molar-refractivity contribution in [2.45, 2.75) is 51.6 Å². The smallest absolute Gasteiger partial charge is 0.221 e. The fraction of sp³-hybridized carbons (Fsp3) is 0.714. The lowest BCUT2D eigenvalue weighted by molar-refractivity contribution is -0.121. The molecule has 0 aromatic carbocycles. The van der Waals surface area contributed by atoms with Crippen LogP contribution in [0, 0.1) is 0 Å². The van der Waals surface area contributed by atoms with E-state index in [1.54, 1.807) is 0 Å². The van der Waals surface area contributed by atoms with Crippen LogP contribution < -0.4 is 10.6 Å². The van der Waals surface area contributed by atoms with Crippen molar-refractivity contribution in [3.63, 3.8) is 0 Å². The van der Waals surface area contributed by atoms with Crippen LogP contribution in [-0.2, 0) is 17.6 Å². The highest BCUT2D eigenvalue weighted by Crippen LogP contribution is 2.21. The molecule has 2 rings (SSSR count). The van der Waals surface area contributed by atoms with Crippen molar-refractivity contribution in [3.8, 4) is 0 Å². The summed E-state index contributed by atoms with van der Waals surface area (Å²) in [6, 6.07) is 0.640. The van der Waals surface area contributed by atoms with E-state index in [0.717, 1.165) is 31.5 Å². The highest BCUT2D eigenvalue weighted by Gasteiger charge is 2.23. The highest BCUT2D eigenvalue weighted by molar-refractivity contribution is 5.76. The molecule has 5 nitrogen and oxygen atoms in total. The minimum atomic E-state index is 0.131. The summed E-state index contributed by atoms with van der Waals surface area (Å²) in [5.41, 5.74) is 2.49. The van der Waals surface area contributed by atoms with E-state index in [-0.39, 0.29) is 11.9 Å². The maximum atomic E-state index is 11.7. The second-order valence-electron chi connectivity index (χ2n) is 5.54. The first-order chi connectivity index (χ1) is 9.10. The lowest BCUT2D eigenvalue weighted by Gasteiger charge is -2.22. The van der Waals surface area contributed by atoms with Crippen molar-refractivity contribution in [2.24, 2.45) is 0 Å². The molecule has 0 spiro atoms. The average molecular weight is 264 g/mol. The third kappa shape index (κ3) is 3.56. The summed E-state index contributed by atoms with van der Waals surface area (Å²) < 4.78 is 2.02. The van der Waals surface area contributed by atoms with Gasteiger partial charge in [-0.2, -0.15) is 5.10 Å². The monoisotopic (exact) mass is 264 g/mol. The van der Waals surface area contributed by atoms with Gasteiger partial charge in [-0.1, -0.05) is 0 Å². The summed E-state index contributed by atoms with van der Waals surface area (Å²) >= 11 is 0. The zero-order valence-corrected chi connectivity index (χ0v) is 12.1. The number of carbonyl (C=O) groups excluding carboxylic acids is 1. The molecule has 1 unspecified atom stereocenters. The quantitative estimate of drug-likeness (QED) is 0.835. The Morgan fingerprint density at radius 2 is 2.37 bits per heavy atom. The van der Waals surface area contributed by atoms with Gasteiger partial charge in [-0.05, 0) is 39.3 Å². The van der Waals surface area contributed by atoms with Crippen molar-refractivity contribution in [3.05, 3.63) is 17.5 Å². The highest BCUT2D eigenvalue weighted by atomic mass is 16.1. The molecule has 1 aromatic heterocycles. The SMILES string of the molecule is CNCCC(=O)NC1CCc2cn(C(C)C)nc2C1.